The van der Waals surface area contributed by atoms with E-state index in [1.54, 1.807) is 0 Å². The van der Waals surface area contributed by atoms with Gasteiger partial charge in [0.2, 0.25) is 0 Å². The second kappa shape index (κ2) is 9.40. The Morgan fingerprint density at radius 2 is 1.67 bits per heavy atom. The van der Waals surface area contributed by atoms with Crippen LogP contribution < -0.4 is 0 Å². The summed E-state index contributed by atoms with van der Waals surface area (Å²) >= 11 is 0. The summed E-state index contributed by atoms with van der Waals surface area (Å²) in [6, 6.07) is 0. The van der Waals surface area contributed by atoms with Crippen molar-refractivity contribution in [3.05, 3.63) is 0 Å². The summed E-state index contributed by atoms with van der Waals surface area (Å²) in [5.41, 5.74) is -0.707. The normalized spacial score (nSPS) is 44.7. The standard InChI is InChI=1S/C28H51FO/c1-7-16-26(5)23(19-21(4)30)14-18-28(29)24-13-12-22(11-9-8-10-20(2)3)27(24,6)17-15-25(26)28/h20-25,30H,7-19H2,1-6H3. The molecule has 0 radical (unpaired) electrons. The van der Waals surface area contributed by atoms with Gasteiger partial charge in [-0.25, -0.2) is 4.39 Å². The van der Waals surface area contributed by atoms with Crippen LogP contribution in [0, 0.1) is 40.4 Å². The average Bonchev–Trinajstić information content (AvgIpc) is 2.99. The number of alkyl halides is 1. The number of hydrogen-bond acceptors (Lipinski definition) is 1. The highest BCUT2D eigenvalue weighted by atomic mass is 19.1. The Labute approximate surface area is 187 Å². The van der Waals surface area contributed by atoms with E-state index in [0.29, 0.717) is 5.92 Å². The van der Waals surface area contributed by atoms with Gasteiger partial charge in [0, 0.05) is 0 Å². The molecule has 30 heavy (non-hydrogen) atoms. The van der Waals surface area contributed by atoms with Crippen molar-refractivity contribution in [3.63, 3.8) is 0 Å². The molecule has 0 aliphatic heterocycles. The Morgan fingerprint density at radius 1 is 0.933 bits per heavy atom. The number of halogens is 1. The predicted octanol–water partition coefficient (Wildman–Crippen LogP) is 8.34. The minimum atomic E-state index is -0.973. The first-order chi connectivity index (χ1) is 14.1. The summed E-state index contributed by atoms with van der Waals surface area (Å²) in [6.45, 7) is 13.7. The molecule has 0 spiro atoms. The Kier molecular flexibility index (Phi) is 7.69. The predicted molar refractivity (Wildman–Crippen MR) is 126 cm³/mol. The fourth-order valence-corrected chi connectivity index (χ4v) is 8.79. The molecule has 0 amide bonds. The van der Waals surface area contributed by atoms with Gasteiger partial charge < -0.3 is 5.11 Å². The van der Waals surface area contributed by atoms with Crippen LogP contribution in [0.2, 0.25) is 0 Å². The van der Waals surface area contributed by atoms with Crippen LogP contribution in [0.1, 0.15) is 125 Å². The highest BCUT2D eigenvalue weighted by Gasteiger charge is 2.66. The zero-order chi connectivity index (χ0) is 22.2. The van der Waals surface area contributed by atoms with Gasteiger partial charge in [0.15, 0.2) is 0 Å². The average molecular weight is 423 g/mol. The van der Waals surface area contributed by atoms with Crippen LogP contribution in [-0.4, -0.2) is 16.9 Å². The van der Waals surface area contributed by atoms with E-state index in [1.807, 2.05) is 6.92 Å². The SMILES string of the molecule is CCCC1(C)C(CC(C)O)CCC2(F)C3CCC(CCCCC(C)C)C3(C)CCC12. The number of hydrogen-bond donors (Lipinski definition) is 1. The van der Waals surface area contributed by atoms with Crippen molar-refractivity contribution in [1.29, 1.82) is 0 Å². The molecule has 0 bridgehead atoms. The minimum absolute atomic E-state index is 0.0510. The van der Waals surface area contributed by atoms with Crippen LogP contribution in [-0.2, 0) is 0 Å². The van der Waals surface area contributed by atoms with E-state index in [0.717, 1.165) is 56.8 Å². The first-order valence-corrected chi connectivity index (χ1v) is 13.4. The Bertz CT molecular complexity index is 559. The fourth-order valence-electron chi connectivity index (χ4n) is 8.79. The summed E-state index contributed by atoms with van der Waals surface area (Å²) in [5, 5.41) is 10.1. The molecule has 2 heteroatoms. The number of fused-ring (bicyclic) bond motifs is 3. The molecule has 3 rings (SSSR count). The number of aliphatic hydroxyl groups excluding tert-OH is 1. The third kappa shape index (κ3) is 4.38. The van der Waals surface area contributed by atoms with Gasteiger partial charge in [-0.2, -0.15) is 0 Å². The van der Waals surface area contributed by atoms with Crippen LogP contribution in [0.4, 0.5) is 4.39 Å². The van der Waals surface area contributed by atoms with Gasteiger partial charge in [0.05, 0.1) is 6.10 Å². The van der Waals surface area contributed by atoms with Crippen molar-refractivity contribution < 1.29 is 9.50 Å². The highest BCUT2D eigenvalue weighted by molar-refractivity contribution is 5.15. The van der Waals surface area contributed by atoms with Crippen molar-refractivity contribution in [2.45, 2.75) is 137 Å². The molecule has 1 N–H and O–H groups in total. The van der Waals surface area contributed by atoms with Crippen LogP contribution in [0.5, 0.6) is 0 Å². The second-order valence-corrected chi connectivity index (χ2v) is 12.6. The minimum Gasteiger partial charge on any atom is -0.393 e. The lowest BCUT2D eigenvalue weighted by Crippen LogP contribution is -2.61. The number of rotatable bonds is 9. The Morgan fingerprint density at radius 3 is 2.30 bits per heavy atom. The van der Waals surface area contributed by atoms with E-state index in [2.05, 4.69) is 34.6 Å². The monoisotopic (exact) mass is 422 g/mol. The van der Waals surface area contributed by atoms with Gasteiger partial charge in [-0.15, -0.1) is 0 Å². The largest absolute Gasteiger partial charge is 0.393 e. The molecule has 0 heterocycles. The maximum Gasteiger partial charge on any atom is 0.117 e. The van der Waals surface area contributed by atoms with Crippen molar-refractivity contribution in [2.24, 2.45) is 40.4 Å². The summed E-state index contributed by atoms with van der Waals surface area (Å²) in [6.07, 6.45) is 14.5. The molecular weight excluding hydrogens is 371 g/mol. The lowest BCUT2D eigenvalue weighted by atomic mass is 9.44. The first kappa shape index (κ1) is 24.5. The fraction of sp³-hybridized carbons (Fsp3) is 1.00. The van der Waals surface area contributed by atoms with Gasteiger partial charge >= 0.3 is 0 Å². The van der Waals surface area contributed by atoms with E-state index >= 15 is 4.39 Å². The van der Waals surface area contributed by atoms with Gasteiger partial charge in [-0.1, -0.05) is 60.3 Å². The van der Waals surface area contributed by atoms with Crippen LogP contribution >= 0.6 is 0 Å². The van der Waals surface area contributed by atoms with Crippen molar-refractivity contribution in [1.82, 2.24) is 0 Å². The van der Waals surface area contributed by atoms with E-state index in [1.165, 1.54) is 38.5 Å². The van der Waals surface area contributed by atoms with E-state index in [4.69, 9.17) is 0 Å². The molecule has 176 valence electrons. The highest BCUT2D eigenvalue weighted by Crippen LogP contribution is 2.69. The summed E-state index contributed by atoms with van der Waals surface area (Å²) in [5.74, 6) is 2.47. The van der Waals surface area contributed by atoms with E-state index in [-0.39, 0.29) is 28.8 Å². The quantitative estimate of drug-likeness (QED) is 0.370. The lowest BCUT2D eigenvalue weighted by Gasteiger charge is -2.62. The van der Waals surface area contributed by atoms with Gasteiger partial charge in [0.1, 0.15) is 5.67 Å². The van der Waals surface area contributed by atoms with Crippen molar-refractivity contribution >= 4 is 0 Å². The molecular formula is C28H51FO. The summed E-state index contributed by atoms with van der Waals surface area (Å²) in [7, 11) is 0. The topological polar surface area (TPSA) is 20.2 Å². The molecule has 3 fully saturated rings. The molecule has 3 aliphatic rings. The summed E-state index contributed by atoms with van der Waals surface area (Å²) in [4.78, 5) is 0. The van der Waals surface area contributed by atoms with Crippen LogP contribution in [0.3, 0.4) is 0 Å². The molecule has 3 saturated carbocycles. The maximum atomic E-state index is 17.2. The van der Waals surface area contributed by atoms with Gasteiger partial charge in [-0.3, -0.25) is 0 Å². The molecule has 0 aromatic carbocycles. The smallest absolute Gasteiger partial charge is 0.117 e. The first-order valence-electron chi connectivity index (χ1n) is 13.4. The van der Waals surface area contributed by atoms with E-state index in [9.17, 15) is 5.11 Å². The number of unbranched alkanes of at least 4 members (excludes halogenated alkanes) is 1. The molecule has 0 aromatic heterocycles. The molecule has 0 aromatic rings. The van der Waals surface area contributed by atoms with Crippen LogP contribution in [0.15, 0.2) is 0 Å². The maximum absolute atomic E-state index is 17.2. The Hall–Kier alpha value is -0.110. The zero-order valence-corrected chi connectivity index (χ0v) is 21.0. The molecule has 0 saturated heterocycles. The van der Waals surface area contributed by atoms with Gasteiger partial charge in [-0.05, 0) is 105 Å². The zero-order valence-electron chi connectivity index (χ0n) is 21.0. The van der Waals surface area contributed by atoms with Crippen molar-refractivity contribution in [2.75, 3.05) is 0 Å². The third-order valence-corrected chi connectivity index (χ3v) is 10.3. The van der Waals surface area contributed by atoms with Gasteiger partial charge in [0.25, 0.3) is 0 Å². The summed E-state index contributed by atoms with van der Waals surface area (Å²) < 4.78 is 17.2. The molecule has 1 nitrogen and oxygen atoms in total. The third-order valence-electron chi connectivity index (χ3n) is 10.3. The lowest BCUT2D eigenvalue weighted by molar-refractivity contribution is -0.180. The Balaban J connectivity index is 1.77. The van der Waals surface area contributed by atoms with Crippen LogP contribution in [0.25, 0.3) is 0 Å². The number of aliphatic hydroxyl groups is 1. The van der Waals surface area contributed by atoms with E-state index < -0.39 is 5.67 Å². The molecule has 8 atom stereocenters. The molecule has 8 unspecified atom stereocenters. The second-order valence-electron chi connectivity index (χ2n) is 12.6. The van der Waals surface area contributed by atoms with Crippen molar-refractivity contribution in [3.8, 4) is 0 Å². The molecule has 3 aliphatic carbocycles.